The number of Topliss-reactive ketones (excluding diaryl/α,β-unsaturated/α-hetero) is 1. The molecule has 1 aromatic heterocycles. The number of fused-ring (bicyclic) bond motifs is 1. The number of ketones is 1. The Kier molecular flexibility index (Phi) is 16.8. The Morgan fingerprint density at radius 2 is 1.29 bits per heavy atom. The van der Waals surface area contributed by atoms with Crippen molar-refractivity contribution in [2.75, 3.05) is 0 Å². The highest BCUT2D eigenvalue weighted by molar-refractivity contribution is 5.92. The largest absolute Gasteiger partial charge is 0.391 e. The number of aromatic nitrogens is 1. The molecule has 0 unspecified atom stereocenters. The molecule has 5 nitrogen and oxygen atoms in total. The molecular weight excluding hydrogens is 472 g/mol. The van der Waals surface area contributed by atoms with Crippen LogP contribution in [0.25, 0.3) is 10.9 Å². The molecule has 0 radical (unpaired) electrons. The molecule has 1 heterocycles. The SMILES string of the molecule is CCCCCCCCCCCCCCCCCCCC(=O)[C@@H](NC(=O)Cc1c[nH]c2ccccc12)[C@@H](C)O. The lowest BCUT2D eigenvalue weighted by atomic mass is 10.00. The minimum atomic E-state index is -0.903. The highest BCUT2D eigenvalue weighted by Gasteiger charge is 2.25. The number of aliphatic hydroxyl groups excluding tert-OH is 1. The van der Waals surface area contributed by atoms with Gasteiger partial charge in [-0.2, -0.15) is 0 Å². The quantitative estimate of drug-likeness (QED) is 0.128. The minimum absolute atomic E-state index is 0.0757. The number of hydrogen-bond donors (Lipinski definition) is 3. The van der Waals surface area contributed by atoms with Crippen molar-refractivity contribution in [1.82, 2.24) is 10.3 Å². The number of hydrogen-bond acceptors (Lipinski definition) is 3. The standard InChI is InChI=1S/C33H54N2O3/c1-3-4-5-6-7-8-9-10-11-12-13-14-15-16-17-18-19-24-31(37)33(27(2)36)35-32(38)25-28-26-34-30-23-21-20-22-29(28)30/h20-23,26-27,33-34,36H,3-19,24-25H2,1-2H3,(H,35,38)/t27-,33+/m1/s1. The Morgan fingerprint density at radius 3 is 1.82 bits per heavy atom. The average Bonchev–Trinajstić information content (AvgIpc) is 3.31. The van der Waals surface area contributed by atoms with Crippen LogP contribution in [0, 0.1) is 0 Å². The lowest BCUT2D eigenvalue weighted by Gasteiger charge is -2.20. The Balaban J connectivity index is 1.48. The van der Waals surface area contributed by atoms with Gasteiger partial charge in [-0.1, -0.05) is 128 Å². The number of rotatable bonds is 23. The zero-order chi connectivity index (χ0) is 27.4. The van der Waals surface area contributed by atoms with E-state index in [-0.39, 0.29) is 18.1 Å². The van der Waals surface area contributed by atoms with Crippen molar-refractivity contribution in [3.05, 3.63) is 36.0 Å². The number of para-hydroxylation sites is 1. The molecule has 0 aliphatic heterocycles. The fourth-order valence-electron chi connectivity index (χ4n) is 5.33. The molecule has 214 valence electrons. The predicted octanol–water partition coefficient (Wildman–Crippen LogP) is 8.19. The Hall–Kier alpha value is -2.14. The van der Waals surface area contributed by atoms with Crippen molar-refractivity contribution in [1.29, 1.82) is 0 Å². The molecule has 0 aliphatic carbocycles. The van der Waals surface area contributed by atoms with Crippen LogP contribution in [0.1, 0.15) is 135 Å². The Morgan fingerprint density at radius 1 is 0.789 bits per heavy atom. The molecule has 1 amide bonds. The zero-order valence-electron chi connectivity index (χ0n) is 24.2. The number of amides is 1. The summed E-state index contributed by atoms with van der Waals surface area (Å²) in [7, 11) is 0. The number of H-pyrrole nitrogens is 1. The van der Waals surface area contributed by atoms with Gasteiger partial charge in [-0.15, -0.1) is 0 Å². The minimum Gasteiger partial charge on any atom is -0.391 e. The van der Waals surface area contributed by atoms with Crippen LogP contribution in [0.4, 0.5) is 0 Å². The van der Waals surface area contributed by atoms with E-state index in [0.717, 1.165) is 35.7 Å². The van der Waals surface area contributed by atoms with Crippen LogP contribution in [0.2, 0.25) is 0 Å². The molecule has 0 fully saturated rings. The smallest absolute Gasteiger partial charge is 0.225 e. The van der Waals surface area contributed by atoms with Crippen LogP contribution >= 0.6 is 0 Å². The third-order valence-corrected chi connectivity index (χ3v) is 7.70. The van der Waals surface area contributed by atoms with Gasteiger partial charge in [-0.05, 0) is 25.0 Å². The third-order valence-electron chi connectivity index (χ3n) is 7.70. The lowest BCUT2D eigenvalue weighted by Crippen LogP contribution is -2.48. The first-order valence-electron chi connectivity index (χ1n) is 15.6. The summed E-state index contributed by atoms with van der Waals surface area (Å²) in [6.07, 6.45) is 23.7. The molecule has 0 saturated carbocycles. The van der Waals surface area contributed by atoms with E-state index in [1.165, 1.54) is 89.9 Å². The second-order valence-corrected chi connectivity index (χ2v) is 11.2. The second kappa shape index (κ2) is 19.9. The van der Waals surface area contributed by atoms with Gasteiger partial charge in [0.2, 0.25) is 5.91 Å². The maximum Gasteiger partial charge on any atom is 0.225 e. The van der Waals surface area contributed by atoms with Crippen molar-refractivity contribution in [3.8, 4) is 0 Å². The molecule has 2 rings (SSSR count). The first-order valence-corrected chi connectivity index (χ1v) is 15.6. The molecule has 2 atom stereocenters. The maximum absolute atomic E-state index is 12.7. The number of benzene rings is 1. The van der Waals surface area contributed by atoms with E-state index in [9.17, 15) is 14.7 Å². The summed E-state index contributed by atoms with van der Waals surface area (Å²) in [4.78, 5) is 28.5. The molecule has 5 heteroatoms. The summed E-state index contributed by atoms with van der Waals surface area (Å²) < 4.78 is 0. The van der Waals surface area contributed by atoms with E-state index in [1.54, 1.807) is 6.92 Å². The number of carbonyl (C=O) groups is 2. The predicted molar refractivity (Wildman–Crippen MR) is 159 cm³/mol. The van der Waals surface area contributed by atoms with Crippen molar-refractivity contribution < 1.29 is 14.7 Å². The molecule has 1 aromatic carbocycles. The fraction of sp³-hybridized carbons (Fsp3) is 0.697. The molecule has 0 spiro atoms. The van der Waals surface area contributed by atoms with E-state index in [1.807, 2.05) is 30.5 Å². The summed E-state index contributed by atoms with van der Waals surface area (Å²) in [5.41, 5.74) is 1.88. The summed E-state index contributed by atoms with van der Waals surface area (Å²) >= 11 is 0. The molecule has 38 heavy (non-hydrogen) atoms. The highest BCUT2D eigenvalue weighted by atomic mass is 16.3. The summed E-state index contributed by atoms with van der Waals surface area (Å²) in [6, 6.07) is 7.00. The van der Waals surface area contributed by atoms with Crippen LogP contribution in [0.3, 0.4) is 0 Å². The number of nitrogens with one attached hydrogen (secondary N) is 2. The van der Waals surface area contributed by atoms with Gasteiger partial charge in [0.05, 0.1) is 12.5 Å². The number of carbonyl (C=O) groups excluding carboxylic acids is 2. The van der Waals surface area contributed by atoms with Gasteiger partial charge in [0.25, 0.3) is 0 Å². The molecule has 0 bridgehead atoms. The van der Waals surface area contributed by atoms with Crippen molar-refractivity contribution >= 4 is 22.6 Å². The molecule has 3 N–H and O–H groups in total. The monoisotopic (exact) mass is 526 g/mol. The van der Waals surface area contributed by atoms with Crippen LogP contribution in [0.5, 0.6) is 0 Å². The third kappa shape index (κ3) is 13.1. The van der Waals surface area contributed by atoms with Gasteiger partial charge in [0, 0.05) is 23.5 Å². The second-order valence-electron chi connectivity index (χ2n) is 11.2. The number of aliphatic hydroxyl groups is 1. The summed E-state index contributed by atoms with van der Waals surface area (Å²) in [5, 5.41) is 13.9. The van der Waals surface area contributed by atoms with Crippen molar-refractivity contribution in [2.45, 2.75) is 148 Å². The van der Waals surface area contributed by atoms with Crippen LogP contribution in [0.15, 0.2) is 30.5 Å². The highest BCUT2D eigenvalue weighted by Crippen LogP contribution is 2.18. The molecular formula is C33H54N2O3. The van der Waals surface area contributed by atoms with Crippen molar-refractivity contribution in [3.63, 3.8) is 0 Å². The number of aromatic amines is 1. The van der Waals surface area contributed by atoms with E-state index < -0.39 is 12.1 Å². The van der Waals surface area contributed by atoms with Crippen molar-refractivity contribution in [2.24, 2.45) is 0 Å². The van der Waals surface area contributed by atoms with Gasteiger partial charge in [-0.3, -0.25) is 9.59 Å². The number of unbranched alkanes of at least 4 members (excludes halogenated alkanes) is 16. The van der Waals surface area contributed by atoms with Crippen LogP contribution in [-0.4, -0.2) is 33.9 Å². The topological polar surface area (TPSA) is 82.2 Å². The molecule has 0 aliphatic rings. The molecule has 2 aromatic rings. The lowest BCUT2D eigenvalue weighted by molar-refractivity contribution is -0.130. The maximum atomic E-state index is 12.7. The normalized spacial score (nSPS) is 13.0. The van der Waals surface area contributed by atoms with Crippen LogP contribution < -0.4 is 5.32 Å². The zero-order valence-corrected chi connectivity index (χ0v) is 24.2. The summed E-state index contributed by atoms with van der Waals surface area (Å²) in [5.74, 6) is -0.315. The van der Waals surface area contributed by atoms with E-state index >= 15 is 0 Å². The van der Waals surface area contributed by atoms with Crippen LogP contribution in [-0.2, 0) is 16.0 Å². The van der Waals surface area contributed by atoms with E-state index in [4.69, 9.17) is 0 Å². The first kappa shape index (κ1) is 32.1. The van der Waals surface area contributed by atoms with Gasteiger partial charge >= 0.3 is 0 Å². The first-order chi connectivity index (χ1) is 18.5. The molecule has 0 saturated heterocycles. The Bertz CT molecular complexity index is 905. The van der Waals surface area contributed by atoms with Gasteiger partial charge in [0.1, 0.15) is 6.04 Å². The van der Waals surface area contributed by atoms with Gasteiger partial charge < -0.3 is 15.4 Å². The Labute approximate surface area is 231 Å². The average molecular weight is 527 g/mol. The van der Waals surface area contributed by atoms with E-state index in [2.05, 4.69) is 17.2 Å². The fourth-order valence-corrected chi connectivity index (χ4v) is 5.33. The van der Waals surface area contributed by atoms with E-state index in [0.29, 0.717) is 6.42 Å². The summed E-state index contributed by atoms with van der Waals surface area (Å²) in [6.45, 7) is 3.85. The van der Waals surface area contributed by atoms with Gasteiger partial charge in [0.15, 0.2) is 5.78 Å². The van der Waals surface area contributed by atoms with Gasteiger partial charge in [-0.25, -0.2) is 0 Å².